The van der Waals surface area contributed by atoms with Crippen LogP contribution in [-0.4, -0.2) is 27.6 Å². The van der Waals surface area contributed by atoms with Crippen molar-refractivity contribution in [1.29, 1.82) is 5.26 Å². The summed E-state index contributed by atoms with van der Waals surface area (Å²) in [5.74, 6) is 0.113. The van der Waals surface area contributed by atoms with E-state index in [9.17, 15) is 4.79 Å². The van der Waals surface area contributed by atoms with E-state index in [1.54, 1.807) is 0 Å². The van der Waals surface area contributed by atoms with Crippen LogP contribution in [0.3, 0.4) is 0 Å². The van der Waals surface area contributed by atoms with Gasteiger partial charge < -0.3 is 5.32 Å². The van der Waals surface area contributed by atoms with Crippen molar-refractivity contribution in [2.45, 2.75) is 32.6 Å². The number of aryl methyl sites for hydroxylation is 1. The Hall–Kier alpha value is -1.90. The molecule has 2 N–H and O–H groups in total. The molecule has 1 rings (SSSR count). The van der Waals surface area contributed by atoms with Gasteiger partial charge in [-0.2, -0.15) is 10.4 Å². The normalized spacial score (nSPS) is 11.8. The number of hydrogen-bond acceptors (Lipinski definition) is 4. The van der Waals surface area contributed by atoms with Crippen LogP contribution >= 0.6 is 0 Å². The highest BCUT2D eigenvalue weighted by molar-refractivity contribution is 5.80. The van der Waals surface area contributed by atoms with Crippen LogP contribution in [0.1, 0.15) is 32.0 Å². The summed E-state index contributed by atoms with van der Waals surface area (Å²) in [5, 5.41) is 18.0. The molecule has 0 radical (unpaired) electrons. The minimum absolute atomic E-state index is 0.174. The van der Waals surface area contributed by atoms with E-state index >= 15 is 0 Å². The van der Waals surface area contributed by atoms with Crippen LogP contribution in [0.15, 0.2) is 6.33 Å². The SMILES string of the molecule is CCCC(C#N)C(=O)NCCCc1ncn[nH]1. The molecule has 0 aliphatic heterocycles. The molecule has 0 fully saturated rings. The van der Waals surface area contributed by atoms with E-state index in [2.05, 4.69) is 20.5 Å². The summed E-state index contributed by atoms with van der Waals surface area (Å²) < 4.78 is 0. The minimum Gasteiger partial charge on any atom is -0.355 e. The van der Waals surface area contributed by atoms with Crippen LogP contribution in [0.25, 0.3) is 0 Å². The number of carbonyl (C=O) groups is 1. The Morgan fingerprint density at radius 1 is 1.71 bits per heavy atom. The van der Waals surface area contributed by atoms with Crippen molar-refractivity contribution in [2.75, 3.05) is 6.54 Å². The molecule has 17 heavy (non-hydrogen) atoms. The zero-order valence-corrected chi connectivity index (χ0v) is 9.94. The maximum absolute atomic E-state index is 11.6. The molecule has 0 spiro atoms. The zero-order valence-electron chi connectivity index (χ0n) is 9.94. The lowest BCUT2D eigenvalue weighted by atomic mass is 10.1. The van der Waals surface area contributed by atoms with Gasteiger partial charge in [0.15, 0.2) is 0 Å². The predicted octanol–water partition coefficient (Wildman–Crippen LogP) is 0.793. The summed E-state index contributed by atoms with van der Waals surface area (Å²) in [6.45, 7) is 2.52. The molecule has 1 aromatic heterocycles. The molecule has 6 nitrogen and oxygen atoms in total. The third-order valence-electron chi connectivity index (χ3n) is 2.40. The topological polar surface area (TPSA) is 94.5 Å². The first-order chi connectivity index (χ1) is 8.27. The molecule has 0 bridgehead atoms. The van der Waals surface area contributed by atoms with Crippen molar-refractivity contribution in [3.63, 3.8) is 0 Å². The Morgan fingerprint density at radius 2 is 2.53 bits per heavy atom. The highest BCUT2D eigenvalue weighted by atomic mass is 16.1. The first-order valence-corrected chi connectivity index (χ1v) is 5.79. The van der Waals surface area contributed by atoms with Gasteiger partial charge >= 0.3 is 0 Å². The molecular formula is C11H17N5O. The van der Waals surface area contributed by atoms with Gasteiger partial charge in [0.25, 0.3) is 0 Å². The fourth-order valence-corrected chi connectivity index (χ4v) is 1.48. The van der Waals surface area contributed by atoms with Crippen LogP contribution in [0.4, 0.5) is 0 Å². The summed E-state index contributed by atoms with van der Waals surface area (Å²) >= 11 is 0. The molecule has 6 heteroatoms. The highest BCUT2D eigenvalue weighted by Gasteiger charge is 2.15. The second-order valence-corrected chi connectivity index (χ2v) is 3.80. The van der Waals surface area contributed by atoms with E-state index in [-0.39, 0.29) is 5.91 Å². The lowest BCUT2D eigenvalue weighted by Crippen LogP contribution is -2.31. The minimum atomic E-state index is -0.523. The quantitative estimate of drug-likeness (QED) is 0.683. The van der Waals surface area contributed by atoms with E-state index in [1.165, 1.54) is 6.33 Å². The van der Waals surface area contributed by atoms with Crippen LogP contribution in [0.5, 0.6) is 0 Å². The molecule has 1 atom stereocenters. The van der Waals surface area contributed by atoms with Gasteiger partial charge in [0, 0.05) is 13.0 Å². The van der Waals surface area contributed by atoms with Crippen molar-refractivity contribution in [2.24, 2.45) is 5.92 Å². The number of amides is 1. The lowest BCUT2D eigenvalue weighted by Gasteiger charge is -2.08. The number of aromatic amines is 1. The Morgan fingerprint density at radius 3 is 3.12 bits per heavy atom. The molecule has 1 unspecified atom stereocenters. The molecule has 92 valence electrons. The summed E-state index contributed by atoms with van der Waals surface area (Å²) in [5.41, 5.74) is 0. The Labute approximate surface area is 100 Å². The van der Waals surface area contributed by atoms with Gasteiger partial charge in [0.2, 0.25) is 5.91 Å². The fraction of sp³-hybridized carbons (Fsp3) is 0.636. The summed E-state index contributed by atoms with van der Waals surface area (Å²) in [6, 6.07) is 2.02. The van der Waals surface area contributed by atoms with Crippen molar-refractivity contribution < 1.29 is 4.79 Å². The molecule has 0 saturated carbocycles. The standard InChI is InChI=1S/C11H17N5O/c1-2-4-9(7-12)11(17)13-6-3-5-10-14-8-15-16-10/h8-9H,2-6H2,1H3,(H,13,17)(H,14,15,16). The van der Waals surface area contributed by atoms with Gasteiger partial charge in [-0.05, 0) is 12.8 Å². The van der Waals surface area contributed by atoms with Crippen LogP contribution in [0.2, 0.25) is 0 Å². The first-order valence-electron chi connectivity index (χ1n) is 5.79. The van der Waals surface area contributed by atoms with Gasteiger partial charge in [-0.15, -0.1) is 0 Å². The van der Waals surface area contributed by atoms with Crippen molar-refractivity contribution in [1.82, 2.24) is 20.5 Å². The summed E-state index contributed by atoms with van der Waals surface area (Å²) in [4.78, 5) is 15.5. The number of H-pyrrole nitrogens is 1. The van der Waals surface area contributed by atoms with Crippen molar-refractivity contribution in [3.05, 3.63) is 12.2 Å². The maximum atomic E-state index is 11.6. The van der Waals surface area contributed by atoms with Gasteiger partial charge in [0.05, 0.1) is 6.07 Å². The van der Waals surface area contributed by atoms with Crippen LogP contribution < -0.4 is 5.32 Å². The Kier molecular flexibility index (Phi) is 5.72. The van der Waals surface area contributed by atoms with E-state index in [0.717, 1.165) is 25.1 Å². The molecule has 0 aliphatic carbocycles. The van der Waals surface area contributed by atoms with Crippen molar-refractivity contribution in [3.8, 4) is 6.07 Å². The lowest BCUT2D eigenvalue weighted by molar-refractivity contribution is -0.123. The van der Waals surface area contributed by atoms with Gasteiger partial charge in [-0.1, -0.05) is 13.3 Å². The molecule has 1 amide bonds. The average molecular weight is 235 g/mol. The number of nitrogens with zero attached hydrogens (tertiary/aromatic N) is 3. The molecular weight excluding hydrogens is 218 g/mol. The molecule has 1 heterocycles. The van der Waals surface area contributed by atoms with Crippen LogP contribution in [0, 0.1) is 17.2 Å². The van der Waals surface area contributed by atoms with Gasteiger partial charge in [0.1, 0.15) is 18.1 Å². The third-order valence-corrected chi connectivity index (χ3v) is 2.40. The highest BCUT2D eigenvalue weighted by Crippen LogP contribution is 2.04. The first kappa shape index (κ1) is 13.2. The molecule has 0 aromatic carbocycles. The third kappa shape index (κ3) is 4.64. The van der Waals surface area contributed by atoms with Crippen molar-refractivity contribution >= 4 is 5.91 Å². The summed E-state index contributed by atoms with van der Waals surface area (Å²) in [7, 11) is 0. The second-order valence-electron chi connectivity index (χ2n) is 3.80. The second kappa shape index (κ2) is 7.39. The van der Waals surface area contributed by atoms with E-state index in [1.807, 2.05) is 13.0 Å². The number of rotatable bonds is 7. The van der Waals surface area contributed by atoms with Gasteiger partial charge in [-0.3, -0.25) is 9.89 Å². The number of carbonyl (C=O) groups excluding carboxylic acids is 1. The largest absolute Gasteiger partial charge is 0.355 e. The van der Waals surface area contributed by atoms with Gasteiger partial charge in [-0.25, -0.2) is 4.98 Å². The number of hydrogen-bond donors (Lipinski definition) is 2. The number of nitrogens with one attached hydrogen (secondary N) is 2. The van der Waals surface area contributed by atoms with E-state index in [0.29, 0.717) is 13.0 Å². The number of aromatic nitrogens is 3. The van der Waals surface area contributed by atoms with Crippen LogP contribution in [-0.2, 0) is 11.2 Å². The van der Waals surface area contributed by atoms with E-state index < -0.39 is 5.92 Å². The molecule has 0 aliphatic rings. The maximum Gasteiger partial charge on any atom is 0.237 e. The average Bonchev–Trinajstić information content (AvgIpc) is 2.84. The molecule has 1 aromatic rings. The monoisotopic (exact) mass is 235 g/mol. The van der Waals surface area contributed by atoms with E-state index in [4.69, 9.17) is 5.26 Å². The Bertz CT molecular complexity index is 368. The Balaban J connectivity index is 2.17. The number of nitriles is 1. The molecule has 0 saturated heterocycles. The zero-order chi connectivity index (χ0) is 12.5. The fourth-order valence-electron chi connectivity index (χ4n) is 1.48. The smallest absolute Gasteiger partial charge is 0.237 e. The summed E-state index contributed by atoms with van der Waals surface area (Å²) in [6.07, 6.45) is 4.44. The predicted molar refractivity (Wildman–Crippen MR) is 61.7 cm³/mol.